The number of aromatic hydroxyl groups is 1. The molecule has 5 aliphatic rings. The lowest BCUT2D eigenvalue weighted by molar-refractivity contribution is -0.144. The van der Waals surface area contributed by atoms with Crippen LogP contribution in [0.3, 0.4) is 0 Å². The van der Waals surface area contributed by atoms with E-state index in [-0.39, 0.29) is 40.7 Å². The average molecular weight is 732 g/mol. The molecule has 4 amide bonds. The van der Waals surface area contributed by atoms with Crippen LogP contribution in [0, 0.1) is 34.9 Å². The minimum Gasteiger partial charge on any atom is -0.507 e. The van der Waals surface area contributed by atoms with Gasteiger partial charge in [0, 0.05) is 42.5 Å². The fraction of sp³-hybridized carbons (Fsp3) is 0.349. The van der Waals surface area contributed by atoms with E-state index in [1.165, 1.54) is 22.6 Å². The van der Waals surface area contributed by atoms with Crippen molar-refractivity contribution in [2.75, 3.05) is 18.0 Å². The predicted molar refractivity (Wildman–Crippen MR) is 198 cm³/mol. The molecule has 4 fully saturated rings. The number of allylic oxidation sites excluding steroid dienone is 2. The Hall–Kier alpha value is -4.86. The summed E-state index contributed by atoms with van der Waals surface area (Å²) in [7, 11) is 0. The normalized spacial score (nSPS) is 29.0. The van der Waals surface area contributed by atoms with Gasteiger partial charge in [0.2, 0.25) is 23.6 Å². The van der Waals surface area contributed by atoms with Gasteiger partial charge in [-0.2, -0.15) is 0 Å². The quantitative estimate of drug-likeness (QED) is 0.172. The second kappa shape index (κ2) is 12.6. The molecule has 1 saturated carbocycles. The summed E-state index contributed by atoms with van der Waals surface area (Å²) < 4.78 is 14.3. The number of rotatable bonds is 5. The molecule has 0 bridgehead atoms. The first-order valence-corrected chi connectivity index (χ1v) is 18.8. The highest BCUT2D eigenvalue weighted by molar-refractivity contribution is 6.31. The van der Waals surface area contributed by atoms with Crippen molar-refractivity contribution in [2.45, 2.75) is 51.1 Å². The fourth-order valence-corrected chi connectivity index (χ4v) is 10.5. The van der Waals surface area contributed by atoms with Gasteiger partial charge in [-0.1, -0.05) is 90.0 Å². The molecular weight excluding hydrogens is 693 g/mol. The summed E-state index contributed by atoms with van der Waals surface area (Å²) in [4.78, 5) is 63.1. The van der Waals surface area contributed by atoms with Crippen LogP contribution in [0.5, 0.6) is 5.75 Å². The van der Waals surface area contributed by atoms with Crippen molar-refractivity contribution in [3.8, 4) is 5.75 Å². The van der Waals surface area contributed by atoms with Crippen LogP contribution < -0.4 is 4.90 Å². The van der Waals surface area contributed by atoms with Gasteiger partial charge >= 0.3 is 0 Å². The lowest BCUT2D eigenvalue weighted by Gasteiger charge is -2.49. The lowest BCUT2D eigenvalue weighted by Crippen LogP contribution is -2.49. The minimum absolute atomic E-state index is 0.0120. The second-order valence-corrected chi connectivity index (χ2v) is 15.9. The van der Waals surface area contributed by atoms with E-state index in [1.807, 2.05) is 60.7 Å². The van der Waals surface area contributed by atoms with Gasteiger partial charge in [0.05, 0.1) is 33.9 Å². The number of piperidine rings is 1. The maximum Gasteiger partial charge on any atom is 0.241 e. The minimum atomic E-state index is -1.36. The molecule has 4 aromatic carbocycles. The first-order valence-electron chi connectivity index (χ1n) is 18.4. The summed E-state index contributed by atoms with van der Waals surface area (Å²) in [6.45, 7) is 4.11. The van der Waals surface area contributed by atoms with Crippen LogP contribution in [0.2, 0.25) is 5.02 Å². The summed E-state index contributed by atoms with van der Waals surface area (Å²) in [5.41, 5.74) is 1.32. The van der Waals surface area contributed by atoms with Gasteiger partial charge < -0.3 is 5.11 Å². The molecule has 10 heteroatoms. The molecule has 4 aromatic rings. The maximum atomic E-state index is 14.8. The Morgan fingerprint density at radius 2 is 1.60 bits per heavy atom. The number of anilines is 1. The van der Waals surface area contributed by atoms with Crippen molar-refractivity contribution in [2.24, 2.45) is 29.1 Å². The average Bonchev–Trinajstić information content (AvgIpc) is 3.53. The Kier molecular flexibility index (Phi) is 8.09. The number of benzene rings is 4. The standard InChI is InChI=1S/C43H39ClFN3O5/c1-43-33(40(51)48(42(43)53)27-12-16-35(45)34(44)21-27)22-32-29(37(43)31-13-11-25-9-5-6-10-28(25)38(31)49)14-15-30-36(32)41(52)47(39(30)50)26-17-19-46(20-18-26)23-24-7-3-2-4-8-24/h2-14,16,21,26,30,32-33,36-37,49H,15,17-20,22-23H2,1H3. The molecule has 270 valence electrons. The zero-order valence-electron chi connectivity index (χ0n) is 29.3. The summed E-state index contributed by atoms with van der Waals surface area (Å²) in [5, 5.41) is 13.1. The maximum absolute atomic E-state index is 14.8. The Bertz CT molecular complexity index is 2240. The number of hydrogen-bond donors (Lipinski definition) is 1. The number of amides is 4. The molecule has 9 rings (SSSR count). The number of carbonyl (C=O) groups is 4. The predicted octanol–water partition coefficient (Wildman–Crippen LogP) is 7.23. The molecule has 6 unspecified atom stereocenters. The van der Waals surface area contributed by atoms with Crippen LogP contribution in [-0.2, 0) is 25.7 Å². The van der Waals surface area contributed by atoms with E-state index in [9.17, 15) is 28.7 Å². The molecule has 53 heavy (non-hydrogen) atoms. The molecule has 0 aromatic heterocycles. The lowest BCUT2D eigenvalue weighted by atomic mass is 9.51. The smallest absolute Gasteiger partial charge is 0.241 e. The van der Waals surface area contributed by atoms with Gasteiger partial charge in [-0.05, 0) is 67.7 Å². The highest BCUT2D eigenvalue weighted by Crippen LogP contribution is 2.65. The third-order valence-electron chi connectivity index (χ3n) is 12.9. The highest BCUT2D eigenvalue weighted by Gasteiger charge is 2.68. The van der Waals surface area contributed by atoms with E-state index in [2.05, 4.69) is 17.0 Å². The number of halogens is 2. The SMILES string of the molecule is CC12C(=O)N(c3ccc(F)c(Cl)c3)C(=O)C1CC1C(=CCC3C(=O)N(C4CCN(Cc5ccccc5)CC4)C(=O)C31)C2c1ccc2ccccc2c1O. The Morgan fingerprint density at radius 1 is 0.868 bits per heavy atom. The zero-order chi connectivity index (χ0) is 36.8. The molecule has 3 saturated heterocycles. The fourth-order valence-electron chi connectivity index (χ4n) is 10.3. The van der Waals surface area contributed by atoms with E-state index in [0.717, 1.165) is 41.6 Å². The largest absolute Gasteiger partial charge is 0.507 e. The second-order valence-electron chi connectivity index (χ2n) is 15.5. The topological polar surface area (TPSA) is 98.2 Å². The number of imide groups is 2. The summed E-state index contributed by atoms with van der Waals surface area (Å²) in [6.07, 6.45) is 3.89. The Morgan fingerprint density at radius 3 is 2.36 bits per heavy atom. The summed E-state index contributed by atoms with van der Waals surface area (Å²) in [5.74, 6) is -5.37. The Balaban J connectivity index is 1.09. The number of hydrogen-bond acceptors (Lipinski definition) is 6. The molecule has 6 atom stereocenters. The van der Waals surface area contributed by atoms with Crippen molar-refractivity contribution < 1.29 is 28.7 Å². The molecule has 0 spiro atoms. The third-order valence-corrected chi connectivity index (χ3v) is 13.2. The van der Waals surface area contributed by atoms with Gasteiger partial charge in [-0.15, -0.1) is 0 Å². The van der Waals surface area contributed by atoms with E-state index in [0.29, 0.717) is 30.2 Å². The number of phenols is 1. The van der Waals surface area contributed by atoms with Crippen LogP contribution in [0.1, 0.15) is 49.7 Å². The Labute approximate surface area is 311 Å². The third kappa shape index (κ3) is 5.11. The first kappa shape index (κ1) is 33.9. The van der Waals surface area contributed by atoms with E-state index in [4.69, 9.17) is 11.6 Å². The molecule has 3 heterocycles. The van der Waals surface area contributed by atoms with Crippen LogP contribution in [0.4, 0.5) is 10.1 Å². The van der Waals surface area contributed by atoms with Gasteiger partial charge in [0.25, 0.3) is 0 Å². The van der Waals surface area contributed by atoms with Crippen molar-refractivity contribution in [3.63, 3.8) is 0 Å². The summed E-state index contributed by atoms with van der Waals surface area (Å²) in [6, 6.07) is 25.0. The first-order chi connectivity index (χ1) is 25.6. The molecule has 0 radical (unpaired) electrons. The number of carbonyl (C=O) groups excluding carboxylic acids is 4. The van der Waals surface area contributed by atoms with Crippen molar-refractivity contribution in [3.05, 3.63) is 119 Å². The van der Waals surface area contributed by atoms with Crippen LogP contribution in [0.25, 0.3) is 10.8 Å². The monoisotopic (exact) mass is 731 g/mol. The van der Waals surface area contributed by atoms with Crippen LogP contribution in [-0.4, -0.2) is 57.7 Å². The number of likely N-dealkylation sites (tertiary alicyclic amines) is 2. The molecule has 2 aliphatic carbocycles. The highest BCUT2D eigenvalue weighted by atomic mass is 35.5. The molecule has 3 aliphatic heterocycles. The van der Waals surface area contributed by atoms with E-state index >= 15 is 0 Å². The van der Waals surface area contributed by atoms with Crippen LogP contribution >= 0.6 is 11.6 Å². The molecular formula is C43H39ClFN3O5. The number of phenolic OH excluding ortho intramolecular Hbond substituents is 1. The number of fused-ring (bicyclic) bond motifs is 5. The molecule has 8 nitrogen and oxygen atoms in total. The van der Waals surface area contributed by atoms with Crippen molar-refractivity contribution in [1.29, 1.82) is 0 Å². The van der Waals surface area contributed by atoms with Gasteiger partial charge in [0.15, 0.2) is 0 Å². The zero-order valence-corrected chi connectivity index (χ0v) is 30.0. The summed E-state index contributed by atoms with van der Waals surface area (Å²) >= 11 is 6.15. The van der Waals surface area contributed by atoms with Gasteiger partial charge in [-0.25, -0.2) is 9.29 Å². The van der Waals surface area contributed by atoms with Gasteiger partial charge in [-0.3, -0.25) is 29.0 Å². The van der Waals surface area contributed by atoms with E-state index < -0.39 is 52.6 Å². The van der Waals surface area contributed by atoms with Gasteiger partial charge in [0.1, 0.15) is 11.6 Å². The molecule has 1 N–H and O–H groups in total. The van der Waals surface area contributed by atoms with Crippen molar-refractivity contribution in [1.82, 2.24) is 9.80 Å². The number of nitrogens with zero attached hydrogens (tertiary/aromatic N) is 3. The van der Waals surface area contributed by atoms with Crippen LogP contribution in [0.15, 0.2) is 96.6 Å². The van der Waals surface area contributed by atoms with Crippen molar-refractivity contribution >= 4 is 51.7 Å². The van der Waals surface area contributed by atoms with E-state index in [1.54, 1.807) is 6.92 Å².